The molecule has 4 atom stereocenters. The Bertz CT molecular complexity index is 480. The summed E-state index contributed by atoms with van der Waals surface area (Å²) < 4.78 is 11.1. The molecule has 0 radical (unpaired) electrons. The standard InChI is InChI=1S/C15H20O3S2/c1-9-10(2)20-14(8-19-9)15(16)11-3-4-12-13(7-11)18-6-5-17-12/h3-4,7,9-10,14-16H,5-6,8H2,1-2H3. The number of fused-ring (bicyclic) bond motifs is 1. The summed E-state index contributed by atoms with van der Waals surface area (Å²) in [5.74, 6) is 2.52. The van der Waals surface area contributed by atoms with Crippen LogP contribution in [0.15, 0.2) is 18.2 Å². The van der Waals surface area contributed by atoms with Crippen molar-refractivity contribution in [3.05, 3.63) is 23.8 Å². The first-order chi connectivity index (χ1) is 9.65. The molecular formula is C15H20O3S2. The molecule has 0 aliphatic carbocycles. The molecule has 2 aliphatic rings. The first kappa shape index (κ1) is 14.4. The van der Waals surface area contributed by atoms with Crippen LogP contribution in [0.25, 0.3) is 0 Å². The van der Waals surface area contributed by atoms with Crippen LogP contribution in [0.4, 0.5) is 0 Å². The SMILES string of the molecule is CC1SCC(C(O)c2ccc3c(c2)OCCO3)SC1C. The first-order valence-electron chi connectivity index (χ1n) is 7.00. The Balaban J connectivity index is 1.75. The van der Waals surface area contributed by atoms with E-state index < -0.39 is 6.10 Å². The van der Waals surface area contributed by atoms with E-state index in [0.29, 0.717) is 23.7 Å². The minimum atomic E-state index is -0.446. The van der Waals surface area contributed by atoms with Gasteiger partial charge in [0.15, 0.2) is 11.5 Å². The fourth-order valence-electron chi connectivity index (χ4n) is 2.43. The molecule has 4 unspecified atom stereocenters. The number of hydrogen-bond acceptors (Lipinski definition) is 5. The quantitative estimate of drug-likeness (QED) is 0.908. The number of rotatable bonds is 2. The van der Waals surface area contributed by atoms with E-state index in [1.165, 1.54) is 0 Å². The van der Waals surface area contributed by atoms with Crippen LogP contribution in [0.5, 0.6) is 11.5 Å². The predicted octanol–water partition coefficient (Wildman–Crippen LogP) is 3.12. The lowest BCUT2D eigenvalue weighted by molar-refractivity contribution is 0.165. The maximum atomic E-state index is 10.6. The zero-order valence-electron chi connectivity index (χ0n) is 11.7. The minimum absolute atomic E-state index is 0.244. The Morgan fingerprint density at radius 1 is 1.15 bits per heavy atom. The monoisotopic (exact) mass is 312 g/mol. The van der Waals surface area contributed by atoms with Crippen molar-refractivity contribution in [3.8, 4) is 11.5 Å². The van der Waals surface area contributed by atoms with Gasteiger partial charge in [0.05, 0.1) is 6.10 Å². The van der Waals surface area contributed by atoms with E-state index in [-0.39, 0.29) is 5.25 Å². The Labute approximate surface area is 128 Å². The van der Waals surface area contributed by atoms with Gasteiger partial charge in [-0.05, 0) is 17.7 Å². The first-order valence-corrected chi connectivity index (χ1v) is 8.99. The van der Waals surface area contributed by atoms with Crippen LogP contribution >= 0.6 is 23.5 Å². The van der Waals surface area contributed by atoms with E-state index >= 15 is 0 Å². The summed E-state index contributed by atoms with van der Waals surface area (Å²) >= 11 is 3.84. The average molecular weight is 312 g/mol. The van der Waals surface area contributed by atoms with Gasteiger partial charge in [-0.25, -0.2) is 0 Å². The Morgan fingerprint density at radius 3 is 2.65 bits per heavy atom. The Kier molecular flexibility index (Phi) is 4.38. The second-order valence-corrected chi connectivity index (χ2v) is 8.30. The lowest BCUT2D eigenvalue weighted by atomic mass is 10.1. The number of aliphatic hydroxyl groups excluding tert-OH is 1. The molecule has 5 heteroatoms. The van der Waals surface area contributed by atoms with Crippen LogP contribution in [-0.4, -0.2) is 39.8 Å². The fourth-order valence-corrected chi connectivity index (χ4v) is 5.44. The normalized spacial score (nSPS) is 30.9. The van der Waals surface area contributed by atoms with Gasteiger partial charge in [0.25, 0.3) is 0 Å². The van der Waals surface area contributed by atoms with Crippen molar-refractivity contribution in [2.24, 2.45) is 0 Å². The van der Waals surface area contributed by atoms with Crippen LogP contribution in [-0.2, 0) is 0 Å². The molecule has 110 valence electrons. The van der Waals surface area contributed by atoms with Gasteiger partial charge in [0.2, 0.25) is 0 Å². The molecule has 0 spiro atoms. The Morgan fingerprint density at radius 2 is 1.90 bits per heavy atom. The summed E-state index contributed by atoms with van der Waals surface area (Å²) in [5, 5.41) is 12.1. The molecule has 1 aromatic rings. The van der Waals surface area contributed by atoms with Crippen molar-refractivity contribution in [2.75, 3.05) is 19.0 Å². The molecule has 3 nitrogen and oxygen atoms in total. The van der Waals surface area contributed by atoms with Crippen LogP contribution in [0.2, 0.25) is 0 Å². The molecule has 0 amide bonds. The summed E-state index contributed by atoms with van der Waals surface area (Å²) in [6, 6.07) is 5.78. The van der Waals surface area contributed by atoms with Crippen molar-refractivity contribution >= 4 is 23.5 Å². The van der Waals surface area contributed by atoms with Gasteiger partial charge in [0.1, 0.15) is 13.2 Å². The van der Waals surface area contributed by atoms with Crippen molar-refractivity contribution in [3.63, 3.8) is 0 Å². The third kappa shape index (κ3) is 2.90. The van der Waals surface area contributed by atoms with E-state index in [9.17, 15) is 5.11 Å². The predicted molar refractivity (Wildman–Crippen MR) is 85.2 cm³/mol. The maximum Gasteiger partial charge on any atom is 0.161 e. The zero-order valence-corrected chi connectivity index (χ0v) is 13.4. The van der Waals surface area contributed by atoms with Gasteiger partial charge < -0.3 is 14.6 Å². The van der Waals surface area contributed by atoms with Crippen molar-refractivity contribution < 1.29 is 14.6 Å². The molecule has 1 N–H and O–H groups in total. The summed E-state index contributed by atoms with van der Waals surface area (Å²) in [7, 11) is 0. The molecule has 1 aromatic carbocycles. The van der Waals surface area contributed by atoms with E-state index in [2.05, 4.69) is 13.8 Å². The molecule has 0 bridgehead atoms. The largest absolute Gasteiger partial charge is 0.486 e. The number of aliphatic hydroxyl groups is 1. The van der Waals surface area contributed by atoms with Gasteiger partial charge in [-0.2, -0.15) is 23.5 Å². The summed E-state index contributed by atoms with van der Waals surface area (Å²) in [4.78, 5) is 0. The van der Waals surface area contributed by atoms with Gasteiger partial charge in [-0.1, -0.05) is 19.9 Å². The molecule has 1 fully saturated rings. The summed E-state index contributed by atoms with van der Waals surface area (Å²) in [6.45, 7) is 5.68. The second kappa shape index (κ2) is 6.08. The highest BCUT2D eigenvalue weighted by Crippen LogP contribution is 2.42. The highest BCUT2D eigenvalue weighted by molar-refractivity contribution is 8.07. The molecule has 1 saturated heterocycles. The van der Waals surface area contributed by atoms with Gasteiger partial charge in [0, 0.05) is 21.5 Å². The highest BCUT2D eigenvalue weighted by atomic mass is 32.2. The average Bonchev–Trinajstić information content (AvgIpc) is 2.49. The number of benzene rings is 1. The Hall–Kier alpha value is -0.520. The molecule has 3 rings (SSSR count). The van der Waals surface area contributed by atoms with Gasteiger partial charge >= 0.3 is 0 Å². The molecule has 0 aromatic heterocycles. The number of ether oxygens (including phenoxy) is 2. The maximum absolute atomic E-state index is 10.6. The zero-order chi connectivity index (χ0) is 14.1. The van der Waals surface area contributed by atoms with Crippen molar-refractivity contribution in [1.82, 2.24) is 0 Å². The van der Waals surface area contributed by atoms with E-state index in [0.717, 1.165) is 22.8 Å². The molecule has 2 heterocycles. The topological polar surface area (TPSA) is 38.7 Å². The van der Waals surface area contributed by atoms with Gasteiger partial charge in [-0.3, -0.25) is 0 Å². The van der Waals surface area contributed by atoms with Crippen molar-refractivity contribution in [2.45, 2.75) is 35.7 Å². The van der Waals surface area contributed by atoms with Crippen LogP contribution < -0.4 is 9.47 Å². The smallest absolute Gasteiger partial charge is 0.161 e. The number of hydrogen-bond donors (Lipinski definition) is 1. The van der Waals surface area contributed by atoms with E-state index in [1.54, 1.807) is 0 Å². The third-order valence-corrected chi connectivity index (χ3v) is 7.31. The van der Waals surface area contributed by atoms with E-state index in [4.69, 9.17) is 9.47 Å². The molecule has 0 saturated carbocycles. The highest BCUT2D eigenvalue weighted by Gasteiger charge is 2.31. The van der Waals surface area contributed by atoms with E-state index in [1.807, 2.05) is 41.7 Å². The minimum Gasteiger partial charge on any atom is -0.486 e. The lowest BCUT2D eigenvalue weighted by Gasteiger charge is -2.34. The molecule has 2 aliphatic heterocycles. The van der Waals surface area contributed by atoms with Crippen LogP contribution in [0.1, 0.15) is 25.5 Å². The summed E-state index contributed by atoms with van der Waals surface area (Å²) in [5.41, 5.74) is 0.925. The molecular weight excluding hydrogens is 292 g/mol. The fraction of sp³-hybridized carbons (Fsp3) is 0.600. The van der Waals surface area contributed by atoms with Gasteiger partial charge in [-0.15, -0.1) is 0 Å². The number of thioether (sulfide) groups is 2. The van der Waals surface area contributed by atoms with Crippen molar-refractivity contribution in [1.29, 1.82) is 0 Å². The third-order valence-electron chi connectivity index (χ3n) is 3.83. The van der Waals surface area contributed by atoms with Crippen LogP contribution in [0.3, 0.4) is 0 Å². The lowest BCUT2D eigenvalue weighted by Crippen LogP contribution is -2.30. The summed E-state index contributed by atoms with van der Waals surface area (Å²) in [6.07, 6.45) is -0.446. The van der Waals surface area contributed by atoms with Crippen LogP contribution in [0, 0.1) is 0 Å². The second-order valence-electron chi connectivity index (χ2n) is 5.27. The molecule has 20 heavy (non-hydrogen) atoms.